The zero-order valence-corrected chi connectivity index (χ0v) is 15.9. The fourth-order valence-electron chi connectivity index (χ4n) is 3.43. The largest absolute Gasteiger partial charge is 0.481 e. The van der Waals surface area contributed by atoms with Crippen LogP contribution in [0.3, 0.4) is 0 Å². The minimum Gasteiger partial charge on any atom is -0.481 e. The molecular formula is C20H20ClN5O2. The van der Waals surface area contributed by atoms with E-state index < -0.39 is 5.97 Å². The van der Waals surface area contributed by atoms with E-state index in [1.807, 2.05) is 30.3 Å². The van der Waals surface area contributed by atoms with Gasteiger partial charge < -0.3 is 15.3 Å². The van der Waals surface area contributed by atoms with Gasteiger partial charge >= 0.3 is 5.97 Å². The zero-order valence-electron chi connectivity index (χ0n) is 15.2. The van der Waals surface area contributed by atoms with Gasteiger partial charge in [0, 0.05) is 37.1 Å². The van der Waals surface area contributed by atoms with Gasteiger partial charge in [-0.3, -0.25) is 4.79 Å². The zero-order chi connectivity index (χ0) is 19.5. The number of halogens is 1. The second-order valence-corrected chi connectivity index (χ2v) is 7.21. The summed E-state index contributed by atoms with van der Waals surface area (Å²) in [5, 5.41) is 13.9. The summed E-state index contributed by atoms with van der Waals surface area (Å²) in [4.78, 5) is 26.8. The van der Waals surface area contributed by atoms with Crippen LogP contribution in [0.5, 0.6) is 0 Å². The minimum absolute atomic E-state index is 0.275. The molecule has 2 N–H and O–H groups in total. The standard InChI is InChI=1S/C20H20ClN5O2/c21-16-4-2-1-3-14(16)11-23-20-24-12-15-17(25-20)5-8-22-18(15)26-9-6-13(7-10-26)19(27)28/h1-5,8,12-13H,6-7,9-11H2,(H,27,28)(H,23,24,25). The van der Waals surface area contributed by atoms with E-state index in [4.69, 9.17) is 11.6 Å². The lowest BCUT2D eigenvalue weighted by Crippen LogP contribution is -2.36. The van der Waals surface area contributed by atoms with Gasteiger partial charge in [0.1, 0.15) is 5.82 Å². The molecule has 0 amide bonds. The summed E-state index contributed by atoms with van der Waals surface area (Å²) in [6.45, 7) is 1.86. The van der Waals surface area contributed by atoms with Crippen LogP contribution in [0.4, 0.5) is 11.8 Å². The Bertz CT molecular complexity index is 1000. The highest BCUT2D eigenvalue weighted by molar-refractivity contribution is 6.31. The van der Waals surface area contributed by atoms with E-state index in [-0.39, 0.29) is 5.92 Å². The number of nitrogens with one attached hydrogen (secondary N) is 1. The number of pyridine rings is 1. The molecule has 0 aliphatic carbocycles. The Hall–Kier alpha value is -2.93. The molecule has 4 rings (SSSR count). The number of carboxylic acids is 1. The van der Waals surface area contributed by atoms with Crippen molar-refractivity contribution in [2.45, 2.75) is 19.4 Å². The van der Waals surface area contributed by atoms with Crippen LogP contribution in [0.15, 0.2) is 42.7 Å². The van der Waals surface area contributed by atoms with Gasteiger partial charge in [-0.15, -0.1) is 0 Å². The summed E-state index contributed by atoms with van der Waals surface area (Å²) >= 11 is 6.19. The topological polar surface area (TPSA) is 91.2 Å². The minimum atomic E-state index is -0.719. The van der Waals surface area contributed by atoms with E-state index >= 15 is 0 Å². The number of anilines is 2. The maximum Gasteiger partial charge on any atom is 0.306 e. The third kappa shape index (κ3) is 3.84. The first-order valence-electron chi connectivity index (χ1n) is 9.18. The summed E-state index contributed by atoms with van der Waals surface area (Å²) in [5.41, 5.74) is 1.77. The van der Waals surface area contributed by atoms with Gasteiger partial charge in [-0.25, -0.2) is 15.0 Å². The van der Waals surface area contributed by atoms with E-state index in [0.29, 0.717) is 43.4 Å². The summed E-state index contributed by atoms with van der Waals surface area (Å²) in [7, 11) is 0. The van der Waals surface area contributed by atoms with Crippen molar-refractivity contribution in [1.82, 2.24) is 15.0 Å². The highest BCUT2D eigenvalue weighted by Gasteiger charge is 2.26. The second kappa shape index (κ2) is 7.98. The van der Waals surface area contributed by atoms with Crippen molar-refractivity contribution in [3.05, 3.63) is 53.3 Å². The number of hydrogen-bond acceptors (Lipinski definition) is 6. The summed E-state index contributed by atoms with van der Waals surface area (Å²) < 4.78 is 0. The van der Waals surface area contributed by atoms with Crippen LogP contribution in [-0.4, -0.2) is 39.1 Å². The molecule has 28 heavy (non-hydrogen) atoms. The smallest absolute Gasteiger partial charge is 0.306 e. The first kappa shape index (κ1) is 18.4. The number of rotatable bonds is 5. The summed E-state index contributed by atoms with van der Waals surface area (Å²) in [6, 6.07) is 9.50. The Labute approximate surface area is 167 Å². The van der Waals surface area contributed by atoms with Crippen molar-refractivity contribution in [2.75, 3.05) is 23.3 Å². The second-order valence-electron chi connectivity index (χ2n) is 6.81. The van der Waals surface area contributed by atoms with Crippen molar-refractivity contribution in [1.29, 1.82) is 0 Å². The SMILES string of the molecule is O=C(O)C1CCN(c2nccc3nc(NCc4ccccc4Cl)ncc23)CC1. The van der Waals surface area contributed by atoms with Gasteiger partial charge in [-0.1, -0.05) is 29.8 Å². The Morgan fingerprint density at radius 1 is 1.21 bits per heavy atom. The fourth-order valence-corrected chi connectivity index (χ4v) is 3.64. The molecule has 0 saturated carbocycles. The first-order valence-corrected chi connectivity index (χ1v) is 9.56. The van der Waals surface area contributed by atoms with Gasteiger partial charge in [-0.05, 0) is 30.5 Å². The molecule has 144 valence electrons. The lowest BCUT2D eigenvalue weighted by atomic mass is 9.97. The van der Waals surface area contributed by atoms with E-state index in [9.17, 15) is 9.90 Å². The predicted molar refractivity (Wildman–Crippen MR) is 109 cm³/mol. The van der Waals surface area contributed by atoms with Crippen molar-refractivity contribution in [2.24, 2.45) is 5.92 Å². The number of hydrogen-bond donors (Lipinski definition) is 2. The molecule has 0 spiro atoms. The Balaban J connectivity index is 1.52. The van der Waals surface area contributed by atoms with E-state index in [2.05, 4.69) is 25.2 Å². The Morgan fingerprint density at radius 3 is 2.75 bits per heavy atom. The third-order valence-electron chi connectivity index (χ3n) is 5.03. The molecule has 1 fully saturated rings. The molecule has 3 aromatic rings. The van der Waals surface area contributed by atoms with E-state index in [1.54, 1.807) is 12.4 Å². The summed E-state index contributed by atoms with van der Waals surface area (Å²) in [6.07, 6.45) is 4.73. The van der Waals surface area contributed by atoms with Crippen LogP contribution in [0.2, 0.25) is 5.02 Å². The number of fused-ring (bicyclic) bond motifs is 1. The molecule has 0 bridgehead atoms. The molecule has 2 aromatic heterocycles. The highest BCUT2D eigenvalue weighted by Crippen LogP contribution is 2.28. The van der Waals surface area contributed by atoms with Gasteiger partial charge in [-0.2, -0.15) is 0 Å². The van der Waals surface area contributed by atoms with Gasteiger partial charge in [0.2, 0.25) is 5.95 Å². The van der Waals surface area contributed by atoms with Crippen LogP contribution >= 0.6 is 11.6 Å². The number of nitrogens with zero attached hydrogens (tertiary/aromatic N) is 4. The molecule has 0 radical (unpaired) electrons. The molecular weight excluding hydrogens is 378 g/mol. The van der Waals surface area contributed by atoms with Crippen LogP contribution in [0, 0.1) is 5.92 Å². The van der Waals surface area contributed by atoms with Crippen LogP contribution < -0.4 is 10.2 Å². The third-order valence-corrected chi connectivity index (χ3v) is 5.40. The number of carbonyl (C=O) groups is 1. The number of carboxylic acid groups (broad SMARTS) is 1. The van der Waals surface area contributed by atoms with Crippen molar-refractivity contribution in [3.8, 4) is 0 Å². The molecule has 1 saturated heterocycles. The predicted octanol–water partition coefficient (Wildman–Crippen LogP) is 3.59. The number of aliphatic carboxylic acids is 1. The highest BCUT2D eigenvalue weighted by atomic mass is 35.5. The molecule has 7 nitrogen and oxygen atoms in total. The normalized spacial score (nSPS) is 15.0. The lowest BCUT2D eigenvalue weighted by molar-refractivity contribution is -0.142. The average molecular weight is 398 g/mol. The van der Waals surface area contributed by atoms with E-state index in [0.717, 1.165) is 22.3 Å². The number of piperidine rings is 1. The van der Waals surface area contributed by atoms with Crippen LogP contribution in [0.25, 0.3) is 10.9 Å². The number of benzene rings is 1. The maximum absolute atomic E-state index is 11.2. The van der Waals surface area contributed by atoms with Crippen molar-refractivity contribution in [3.63, 3.8) is 0 Å². The van der Waals surface area contributed by atoms with Crippen LogP contribution in [-0.2, 0) is 11.3 Å². The molecule has 3 heterocycles. The fraction of sp³-hybridized carbons (Fsp3) is 0.300. The quantitative estimate of drug-likeness (QED) is 0.679. The number of aromatic nitrogens is 3. The molecule has 1 aromatic carbocycles. The van der Waals surface area contributed by atoms with Crippen LogP contribution in [0.1, 0.15) is 18.4 Å². The molecule has 0 unspecified atom stereocenters. The van der Waals surface area contributed by atoms with Gasteiger partial charge in [0.25, 0.3) is 0 Å². The molecule has 0 atom stereocenters. The lowest BCUT2D eigenvalue weighted by Gasteiger charge is -2.31. The van der Waals surface area contributed by atoms with Crippen molar-refractivity contribution < 1.29 is 9.90 Å². The Morgan fingerprint density at radius 2 is 2.00 bits per heavy atom. The molecule has 1 aliphatic heterocycles. The first-order chi connectivity index (χ1) is 13.6. The molecule has 8 heteroatoms. The maximum atomic E-state index is 11.2. The van der Waals surface area contributed by atoms with E-state index in [1.165, 1.54) is 0 Å². The van der Waals surface area contributed by atoms with Crippen molar-refractivity contribution >= 4 is 40.2 Å². The Kier molecular flexibility index (Phi) is 5.25. The van der Waals surface area contributed by atoms with Gasteiger partial charge in [0.05, 0.1) is 16.8 Å². The monoisotopic (exact) mass is 397 g/mol. The average Bonchev–Trinajstić information content (AvgIpc) is 2.72. The van der Waals surface area contributed by atoms with Gasteiger partial charge in [0.15, 0.2) is 0 Å². The molecule has 1 aliphatic rings. The summed E-state index contributed by atoms with van der Waals surface area (Å²) in [5.74, 6) is 0.333.